The molecule has 0 aliphatic rings. The van der Waals surface area contributed by atoms with Crippen molar-refractivity contribution in [1.29, 1.82) is 0 Å². The SMILES string of the molecule is COc1ccc(-c2nnc(NS(=O)(=O)c3ccc(Br)cc3)s2)cc1. The Bertz CT molecular complexity index is 939. The fourth-order valence-corrected chi connectivity index (χ4v) is 4.15. The highest BCUT2D eigenvalue weighted by atomic mass is 79.9. The van der Waals surface area contributed by atoms with E-state index in [1.165, 1.54) is 12.1 Å². The molecule has 1 aromatic heterocycles. The van der Waals surface area contributed by atoms with Gasteiger partial charge < -0.3 is 4.74 Å². The quantitative estimate of drug-likeness (QED) is 0.672. The fraction of sp³-hybridized carbons (Fsp3) is 0.0667. The van der Waals surface area contributed by atoms with Crippen LogP contribution < -0.4 is 9.46 Å². The van der Waals surface area contributed by atoms with Gasteiger partial charge in [0.1, 0.15) is 10.8 Å². The molecule has 3 aromatic rings. The first kappa shape index (κ1) is 16.9. The summed E-state index contributed by atoms with van der Waals surface area (Å²) in [6.07, 6.45) is 0. The van der Waals surface area contributed by atoms with E-state index in [-0.39, 0.29) is 10.0 Å². The highest BCUT2D eigenvalue weighted by Gasteiger charge is 2.17. The van der Waals surface area contributed by atoms with Gasteiger partial charge in [-0.2, -0.15) is 0 Å². The Kier molecular flexibility index (Phi) is 4.83. The minimum Gasteiger partial charge on any atom is -0.497 e. The molecule has 1 N–H and O–H groups in total. The van der Waals surface area contributed by atoms with Crippen LogP contribution in [-0.2, 0) is 10.0 Å². The van der Waals surface area contributed by atoms with Crippen LogP contribution in [-0.4, -0.2) is 25.7 Å². The summed E-state index contributed by atoms with van der Waals surface area (Å²) in [5.41, 5.74) is 0.836. The standard InChI is InChI=1S/C15H12BrN3O3S2/c1-22-12-6-2-10(3-7-12)14-17-18-15(23-14)19-24(20,21)13-8-4-11(16)5-9-13/h2-9H,1H3,(H,18,19). The van der Waals surface area contributed by atoms with Gasteiger partial charge >= 0.3 is 0 Å². The lowest BCUT2D eigenvalue weighted by atomic mass is 10.2. The normalized spacial score (nSPS) is 11.2. The summed E-state index contributed by atoms with van der Waals surface area (Å²) in [4.78, 5) is 0.159. The van der Waals surface area contributed by atoms with Crippen LogP contribution in [0, 0.1) is 0 Å². The van der Waals surface area contributed by atoms with Crippen LogP contribution in [0.25, 0.3) is 10.6 Å². The number of hydrogen-bond donors (Lipinski definition) is 1. The second-order valence-corrected chi connectivity index (χ2v) is 8.28. The number of rotatable bonds is 5. The Morgan fingerprint density at radius 1 is 1.04 bits per heavy atom. The minimum absolute atomic E-state index is 0.159. The van der Waals surface area contributed by atoms with Gasteiger partial charge in [-0.25, -0.2) is 8.42 Å². The molecule has 0 bridgehead atoms. The predicted octanol–water partition coefficient (Wildman–Crippen LogP) is 3.78. The summed E-state index contributed by atoms with van der Waals surface area (Å²) in [6.45, 7) is 0. The van der Waals surface area contributed by atoms with Crippen molar-refractivity contribution in [3.05, 3.63) is 53.0 Å². The molecule has 1 heterocycles. The summed E-state index contributed by atoms with van der Waals surface area (Å²) in [5, 5.41) is 8.76. The molecular weight excluding hydrogens is 414 g/mol. The number of halogens is 1. The van der Waals surface area contributed by atoms with Crippen LogP contribution in [0.1, 0.15) is 0 Å². The number of benzene rings is 2. The third-order valence-electron chi connectivity index (χ3n) is 3.11. The number of ether oxygens (including phenoxy) is 1. The third kappa shape index (κ3) is 3.74. The fourth-order valence-electron chi connectivity index (χ4n) is 1.90. The summed E-state index contributed by atoms with van der Waals surface area (Å²) < 4.78 is 33.0. The maximum Gasteiger partial charge on any atom is 0.263 e. The topological polar surface area (TPSA) is 81.2 Å². The second kappa shape index (κ2) is 6.88. The van der Waals surface area contributed by atoms with Crippen molar-refractivity contribution >= 4 is 42.4 Å². The third-order valence-corrected chi connectivity index (χ3v) is 6.01. The van der Waals surface area contributed by atoms with Gasteiger partial charge in [0.25, 0.3) is 10.0 Å². The lowest BCUT2D eigenvalue weighted by Gasteiger charge is -2.04. The molecule has 0 aliphatic carbocycles. The lowest BCUT2D eigenvalue weighted by molar-refractivity contribution is 0.415. The predicted molar refractivity (Wildman–Crippen MR) is 96.8 cm³/mol. The number of nitrogens with zero attached hydrogens (tertiary/aromatic N) is 2. The van der Waals surface area contributed by atoms with Gasteiger partial charge in [-0.15, -0.1) is 10.2 Å². The van der Waals surface area contributed by atoms with Gasteiger partial charge in [-0.05, 0) is 48.5 Å². The van der Waals surface area contributed by atoms with Gasteiger partial charge in [-0.3, -0.25) is 4.72 Å². The second-order valence-electron chi connectivity index (χ2n) is 4.70. The van der Waals surface area contributed by atoms with Crippen molar-refractivity contribution in [3.63, 3.8) is 0 Å². The van der Waals surface area contributed by atoms with Gasteiger partial charge in [0, 0.05) is 10.0 Å². The van der Waals surface area contributed by atoms with Crippen molar-refractivity contribution < 1.29 is 13.2 Å². The summed E-state index contributed by atoms with van der Waals surface area (Å²) in [7, 11) is -2.10. The summed E-state index contributed by atoms with van der Waals surface area (Å²) in [6, 6.07) is 13.6. The average molecular weight is 426 g/mol. The van der Waals surface area contributed by atoms with Crippen LogP contribution in [0.5, 0.6) is 5.75 Å². The van der Waals surface area contributed by atoms with Gasteiger partial charge in [-0.1, -0.05) is 27.3 Å². The zero-order chi connectivity index (χ0) is 17.2. The molecule has 0 atom stereocenters. The van der Waals surface area contributed by atoms with E-state index in [9.17, 15) is 8.42 Å². The molecular formula is C15H12BrN3O3S2. The molecule has 0 saturated heterocycles. The van der Waals surface area contributed by atoms with Crippen LogP contribution >= 0.6 is 27.3 Å². The van der Waals surface area contributed by atoms with Crippen LogP contribution in [0.4, 0.5) is 5.13 Å². The Labute approximate surface area is 151 Å². The molecule has 0 aliphatic heterocycles. The smallest absolute Gasteiger partial charge is 0.263 e. The lowest BCUT2D eigenvalue weighted by Crippen LogP contribution is -2.12. The number of sulfonamides is 1. The Morgan fingerprint density at radius 2 is 1.71 bits per heavy atom. The van der Waals surface area contributed by atoms with Crippen molar-refractivity contribution in [1.82, 2.24) is 10.2 Å². The number of anilines is 1. The first-order chi connectivity index (χ1) is 11.5. The molecule has 0 fully saturated rings. The molecule has 2 aromatic carbocycles. The van der Waals surface area contributed by atoms with E-state index in [2.05, 4.69) is 30.8 Å². The molecule has 3 rings (SSSR count). The molecule has 0 spiro atoms. The van der Waals surface area contributed by atoms with E-state index in [4.69, 9.17) is 4.74 Å². The molecule has 0 radical (unpaired) electrons. The number of nitrogens with one attached hydrogen (secondary N) is 1. The molecule has 6 nitrogen and oxygen atoms in total. The highest BCUT2D eigenvalue weighted by Crippen LogP contribution is 2.29. The molecule has 124 valence electrons. The number of hydrogen-bond acceptors (Lipinski definition) is 6. The number of methoxy groups -OCH3 is 1. The zero-order valence-corrected chi connectivity index (χ0v) is 15.7. The van der Waals surface area contributed by atoms with E-state index < -0.39 is 10.0 Å². The molecule has 0 amide bonds. The average Bonchev–Trinajstić information content (AvgIpc) is 3.03. The minimum atomic E-state index is -3.69. The van der Waals surface area contributed by atoms with Crippen molar-refractivity contribution in [2.45, 2.75) is 4.90 Å². The van der Waals surface area contributed by atoms with Gasteiger partial charge in [0.05, 0.1) is 12.0 Å². The van der Waals surface area contributed by atoms with Crippen LogP contribution in [0.3, 0.4) is 0 Å². The van der Waals surface area contributed by atoms with E-state index in [1.807, 2.05) is 24.3 Å². The zero-order valence-electron chi connectivity index (χ0n) is 12.4. The first-order valence-electron chi connectivity index (χ1n) is 6.74. The molecule has 24 heavy (non-hydrogen) atoms. The molecule has 0 unspecified atom stereocenters. The van der Waals surface area contributed by atoms with E-state index in [0.717, 1.165) is 27.1 Å². The largest absolute Gasteiger partial charge is 0.497 e. The Balaban J connectivity index is 1.81. The number of aromatic nitrogens is 2. The van der Waals surface area contributed by atoms with Crippen LogP contribution in [0.15, 0.2) is 57.9 Å². The van der Waals surface area contributed by atoms with Crippen molar-refractivity contribution in [3.8, 4) is 16.3 Å². The van der Waals surface area contributed by atoms with E-state index >= 15 is 0 Å². The van der Waals surface area contributed by atoms with Crippen LogP contribution in [0.2, 0.25) is 0 Å². The Morgan fingerprint density at radius 3 is 2.33 bits per heavy atom. The van der Waals surface area contributed by atoms with Gasteiger partial charge in [0.2, 0.25) is 5.13 Å². The van der Waals surface area contributed by atoms with Crippen molar-refractivity contribution in [2.75, 3.05) is 11.8 Å². The summed E-state index contributed by atoms with van der Waals surface area (Å²) >= 11 is 4.44. The Hall–Kier alpha value is -1.97. The monoisotopic (exact) mass is 425 g/mol. The highest BCUT2D eigenvalue weighted by molar-refractivity contribution is 9.10. The maximum atomic E-state index is 12.3. The molecule has 0 saturated carbocycles. The maximum absolute atomic E-state index is 12.3. The molecule has 9 heteroatoms. The van der Waals surface area contributed by atoms with Crippen molar-refractivity contribution in [2.24, 2.45) is 0 Å². The van der Waals surface area contributed by atoms with E-state index in [0.29, 0.717) is 5.01 Å². The van der Waals surface area contributed by atoms with E-state index in [1.54, 1.807) is 19.2 Å². The summed E-state index contributed by atoms with van der Waals surface area (Å²) in [5.74, 6) is 0.736. The first-order valence-corrected chi connectivity index (χ1v) is 9.83. The van der Waals surface area contributed by atoms with Gasteiger partial charge in [0.15, 0.2) is 0 Å².